The number of imide groups is 1. The number of esters is 1. The number of ether oxygens (including phenoxy) is 2. The Morgan fingerprint density at radius 3 is 2.25 bits per heavy atom. The average Bonchev–Trinajstić information content (AvgIpc) is 3.11. The number of carbonyl (C=O) groups excluding carboxylic acids is 3. The van der Waals surface area contributed by atoms with Crippen LogP contribution in [-0.4, -0.2) is 36.1 Å². The van der Waals surface area contributed by atoms with E-state index in [-0.39, 0.29) is 11.8 Å². The fourth-order valence-electron chi connectivity index (χ4n) is 4.18. The molecule has 0 saturated carbocycles. The standard InChI is InChI=1S/C18H17NO5/c1-17-7-8-18(2,24-17)13-12(17)14(20)19(15(13)21)11-6-4-5-10(9-11)16(22)23-3/h4-9,12-13H,1-3H3. The molecule has 6 heteroatoms. The van der Waals surface area contributed by atoms with Gasteiger partial charge in [-0.3, -0.25) is 9.59 Å². The van der Waals surface area contributed by atoms with E-state index in [9.17, 15) is 14.4 Å². The van der Waals surface area contributed by atoms with Crippen molar-refractivity contribution >= 4 is 23.5 Å². The van der Waals surface area contributed by atoms with E-state index in [0.717, 1.165) is 0 Å². The summed E-state index contributed by atoms with van der Waals surface area (Å²) in [6, 6.07) is 6.36. The Labute approximate surface area is 139 Å². The van der Waals surface area contributed by atoms with Gasteiger partial charge < -0.3 is 9.47 Å². The number of amides is 2. The van der Waals surface area contributed by atoms with Crippen LogP contribution in [0.2, 0.25) is 0 Å². The lowest BCUT2D eigenvalue weighted by molar-refractivity contribution is -0.128. The van der Waals surface area contributed by atoms with Gasteiger partial charge in [0.25, 0.3) is 0 Å². The molecule has 3 aliphatic rings. The first-order valence-corrected chi connectivity index (χ1v) is 7.77. The molecule has 2 amide bonds. The van der Waals surface area contributed by atoms with Crippen molar-refractivity contribution in [3.63, 3.8) is 0 Å². The van der Waals surface area contributed by atoms with Crippen molar-refractivity contribution in [3.8, 4) is 0 Å². The maximum Gasteiger partial charge on any atom is 0.337 e. The molecule has 0 aliphatic carbocycles. The molecule has 0 N–H and O–H groups in total. The maximum absolute atomic E-state index is 13.0. The predicted octanol–water partition coefficient (Wildman–Crippen LogP) is 1.70. The van der Waals surface area contributed by atoms with Crippen molar-refractivity contribution in [1.29, 1.82) is 0 Å². The molecule has 1 aromatic carbocycles. The first-order chi connectivity index (χ1) is 11.3. The Morgan fingerprint density at radius 1 is 1.12 bits per heavy atom. The molecule has 3 heterocycles. The lowest BCUT2D eigenvalue weighted by atomic mass is 9.73. The highest BCUT2D eigenvalue weighted by Gasteiger charge is 2.70. The molecule has 24 heavy (non-hydrogen) atoms. The van der Waals surface area contributed by atoms with Gasteiger partial charge in [0.15, 0.2) is 0 Å². The Morgan fingerprint density at radius 2 is 1.71 bits per heavy atom. The van der Waals surface area contributed by atoms with Gasteiger partial charge in [0.1, 0.15) is 0 Å². The van der Waals surface area contributed by atoms with Gasteiger partial charge in [-0.05, 0) is 32.0 Å². The topological polar surface area (TPSA) is 72.9 Å². The van der Waals surface area contributed by atoms with Crippen molar-refractivity contribution in [3.05, 3.63) is 42.0 Å². The summed E-state index contributed by atoms with van der Waals surface area (Å²) < 4.78 is 10.7. The summed E-state index contributed by atoms with van der Waals surface area (Å²) in [5, 5.41) is 0. The van der Waals surface area contributed by atoms with Crippen molar-refractivity contribution in [2.24, 2.45) is 11.8 Å². The molecule has 0 aromatic heterocycles. The Kier molecular flexibility index (Phi) is 2.85. The average molecular weight is 327 g/mol. The Hall–Kier alpha value is -2.47. The van der Waals surface area contributed by atoms with Crippen LogP contribution in [0.3, 0.4) is 0 Å². The van der Waals surface area contributed by atoms with E-state index in [2.05, 4.69) is 0 Å². The number of rotatable bonds is 2. The molecule has 124 valence electrons. The Bertz CT molecular complexity index is 779. The van der Waals surface area contributed by atoms with Crippen LogP contribution in [0, 0.1) is 11.8 Å². The van der Waals surface area contributed by atoms with E-state index in [1.807, 2.05) is 26.0 Å². The van der Waals surface area contributed by atoms with Crippen LogP contribution >= 0.6 is 0 Å². The zero-order valence-corrected chi connectivity index (χ0v) is 13.6. The quantitative estimate of drug-likeness (QED) is 0.470. The van der Waals surface area contributed by atoms with Crippen molar-refractivity contribution in [1.82, 2.24) is 0 Å². The number of benzene rings is 1. The summed E-state index contributed by atoms with van der Waals surface area (Å²) in [7, 11) is 1.29. The van der Waals surface area contributed by atoms with E-state index >= 15 is 0 Å². The highest BCUT2D eigenvalue weighted by Crippen LogP contribution is 2.57. The van der Waals surface area contributed by atoms with Crippen LogP contribution in [0.5, 0.6) is 0 Å². The summed E-state index contributed by atoms with van der Waals surface area (Å²) in [6.45, 7) is 3.66. The molecule has 1 aromatic rings. The second-order valence-corrected chi connectivity index (χ2v) is 6.81. The smallest absolute Gasteiger partial charge is 0.337 e. The van der Waals surface area contributed by atoms with Gasteiger partial charge in [-0.25, -0.2) is 9.69 Å². The monoisotopic (exact) mass is 327 g/mol. The molecule has 4 rings (SSSR count). The SMILES string of the molecule is COC(=O)c1cccc(N2C(=O)C3C(C2=O)C2(C)C=CC3(C)O2)c1. The number of methoxy groups -OCH3 is 1. The number of hydrogen-bond acceptors (Lipinski definition) is 5. The zero-order valence-electron chi connectivity index (χ0n) is 13.6. The predicted molar refractivity (Wildman–Crippen MR) is 84.3 cm³/mol. The van der Waals surface area contributed by atoms with Gasteiger partial charge >= 0.3 is 5.97 Å². The van der Waals surface area contributed by atoms with E-state index in [1.54, 1.807) is 18.2 Å². The van der Waals surface area contributed by atoms with Crippen LogP contribution in [0.15, 0.2) is 36.4 Å². The van der Waals surface area contributed by atoms with Crippen molar-refractivity contribution < 1.29 is 23.9 Å². The van der Waals surface area contributed by atoms with Crippen molar-refractivity contribution in [2.45, 2.75) is 25.0 Å². The fraction of sp³-hybridized carbons (Fsp3) is 0.389. The second kappa shape index (κ2) is 4.54. The maximum atomic E-state index is 13.0. The minimum absolute atomic E-state index is 0.289. The number of carbonyl (C=O) groups is 3. The third kappa shape index (κ3) is 1.72. The molecule has 4 atom stereocenters. The number of nitrogens with zero attached hydrogens (tertiary/aromatic N) is 1. The lowest BCUT2D eigenvalue weighted by Gasteiger charge is -2.25. The summed E-state index contributed by atoms with van der Waals surface area (Å²) >= 11 is 0. The van der Waals surface area contributed by atoms with Crippen LogP contribution in [0.25, 0.3) is 0 Å². The zero-order chi connectivity index (χ0) is 17.3. The normalized spacial score (nSPS) is 36.4. The van der Waals surface area contributed by atoms with Crippen LogP contribution in [0.1, 0.15) is 24.2 Å². The molecule has 6 nitrogen and oxygen atoms in total. The minimum atomic E-state index is -0.763. The molecular weight excluding hydrogens is 310 g/mol. The lowest BCUT2D eigenvalue weighted by Crippen LogP contribution is -2.39. The van der Waals surface area contributed by atoms with Crippen LogP contribution in [-0.2, 0) is 19.1 Å². The van der Waals surface area contributed by atoms with Crippen molar-refractivity contribution in [2.75, 3.05) is 12.0 Å². The van der Waals surface area contributed by atoms with E-state index in [4.69, 9.17) is 9.47 Å². The molecule has 2 saturated heterocycles. The summed E-state index contributed by atoms with van der Waals surface area (Å²) in [4.78, 5) is 38.8. The third-order valence-electron chi connectivity index (χ3n) is 5.25. The Balaban J connectivity index is 1.76. The highest BCUT2D eigenvalue weighted by atomic mass is 16.5. The number of anilines is 1. The van der Waals surface area contributed by atoms with Crippen LogP contribution < -0.4 is 4.90 Å². The van der Waals surface area contributed by atoms with Gasteiger partial charge in [-0.1, -0.05) is 18.2 Å². The van der Waals surface area contributed by atoms with E-state index in [0.29, 0.717) is 11.3 Å². The largest absolute Gasteiger partial charge is 0.465 e. The first-order valence-electron chi connectivity index (χ1n) is 7.77. The highest BCUT2D eigenvalue weighted by molar-refractivity contribution is 6.23. The molecule has 2 fully saturated rings. The first kappa shape index (κ1) is 15.1. The molecule has 2 bridgehead atoms. The van der Waals surface area contributed by atoms with Gasteiger partial charge in [-0.15, -0.1) is 0 Å². The van der Waals surface area contributed by atoms with Gasteiger partial charge in [-0.2, -0.15) is 0 Å². The van der Waals surface area contributed by atoms with Gasteiger partial charge in [0.05, 0.1) is 41.4 Å². The van der Waals surface area contributed by atoms with Crippen LogP contribution in [0.4, 0.5) is 5.69 Å². The molecular formula is C18H17NO5. The molecule has 0 radical (unpaired) electrons. The summed E-state index contributed by atoms with van der Waals surface area (Å²) in [5.41, 5.74) is -0.849. The number of hydrogen-bond donors (Lipinski definition) is 0. The van der Waals surface area contributed by atoms with Gasteiger partial charge in [0, 0.05) is 0 Å². The third-order valence-corrected chi connectivity index (χ3v) is 5.25. The number of fused-ring (bicyclic) bond motifs is 5. The van der Waals surface area contributed by atoms with E-state index < -0.39 is 29.0 Å². The summed E-state index contributed by atoms with van der Waals surface area (Å²) in [6.07, 6.45) is 3.74. The molecule has 0 spiro atoms. The second-order valence-electron chi connectivity index (χ2n) is 6.81. The molecule has 4 unspecified atom stereocenters. The fourth-order valence-corrected chi connectivity index (χ4v) is 4.18. The molecule has 3 aliphatic heterocycles. The van der Waals surface area contributed by atoms with Gasteiger partial charge in [0.2, 0.25) is 11.8 Å². The minimum Gasteiger partial charge on any atom is -0.465 e. The summed E-state index contributed by atoms with van der Waals surface area (Å²) in [5.74, 6) is -2.17. The van der Waals surface area contributed by atoms with E-state index in [1.165, 1.54) is 18.1 Å².